The molecule has 3 rings (SSSR count). The lowest BCUT2D eigenvalue weighted by atomic mass is 10.1. The summed E-state index contributed by atoms with van der Waals surface area (Å²) in [6.07, 6.45) is 0. The van der Waals surface area contributed by atoms with Crippen LogP contribution in [0.1, 0.15) is 29.4 Å². The number of nitrogens with two attached hydrogens (primary N) is 1. The third-order valence-corrected chi connectivity index (χ3v) is 4.03. The van der Waals surface area contributed by atoms with E-state index in [1.54, 1.807) is 0 Å². The van der Waals surface area contributed by atoms with Crippen molar-refractivity contribution >= 4 is 0 Å². The molecular formula is C15H21N5O. The summed E-state index contributed by atoms with van der Waals surface area (Å²) in [4.78, 5) is 9.05. The maximum Gasteiger partial charge on any atom is 0.248 e. The first-order valence-corrected chi connectivity index (χ1v) is 7.18. The molecule has 0 spiro atoms. The van der Waals surface area contributed by atoms with Crippen LogP contribution in [-0.2, 0) is 0 Å². The van der Waals surface area contributed by atoms with Gasteiger partial charge in [0.2, 0.25) is 5.89 Å². The van der Waals surface area contributed by atoms with Crippen molar-refractivity contribution in [1.82, 2.24) is 19.9 Å². The zero-order valence-corrected chi connectivity index (χ0v) is 12.4. The molecule has 1 saturated heterocycles. The molecule has 6 heteroatoms. The van der Waals surface area contributed by atoms with Gasteiger partial charge in [0.05, 0.1) is 6.04 Å². The van der Waals surface area contributed by atoms with Crippen molar-refractivity contribution in [3.63, 3.8) is 0 Å². The number of aromatic nitrogens is 2. The summed E-state index contributed by atoms with van der Waals surface area (Å²) < 4.78 is 5.39. The summed E-state index contributed by atoms with van der Waals surface area (Å²) >= 11 is 0. The third-order valence-electron chi connectivity index (χ3n) is 4.03. The number of benzene rings is 1. The van der Waals surface area contributed by atoms with E-state index in [2.05, 4.69) is 34.0 Å². The fraction of sp³-hybridized carbons (Fsp3) is 0.467. The molecule has 0 aliphatic carbocycles. The predicted octanol–water partition coefficient (Wildman–Crippen LogP) is 1.04. The van der Waals surface area contributed by atoms with Crippen LogP contribution in [0, 0.1) is 0 Å². The van der Waals surface area contributed by atoms with Crippen LogP contribution in [-0.4, -0.2) is 53.7 Å². The summed E-state index contributed by atoms with van der Waals surface area (Å²) in [6.45, 7) is 2.95. The fourth-order valence-corrected chi connectivity index (χ4v) is 2.60. The van der Waals surface area contributed by atoms with Gasteiger partial charge >= 0.3 is 0 Å². The van der Waals surface area contributed by atoms with Gasteiger partial charge in [-0.25, -0.2) is 0 Å². The molecule has 2 heterocycles. The lowest BCUT2D eigenvalue weighted by molar-refractivity contribution is 0.108. The lowest BCUT2D eigenvalue weighted by Gasteiger charge is -2.35. The molecule has 0 amide bonds. The summed E-state index contributed by atoms with van der Waals surface area (Å²) in [7, 11) is 4.20. The summed E-state index contributed by atoms with van der Waals surface area (Å²) in [5.74, 6) is 1.18. The molecule has 2 unspecified atom stereocenters. The Morgan fingerprint density at radius 3 is 2.76 bits per heavy atom. The van der Waals surface area contributed by atoms with Crippen LogP contribution < -0.4 is 5.73 Å². The van der Waals surface area contributed by atoms with Crippen LogP contribution in [0.15, 0.2) is 34.9 Å². The molecule has 0 bridgehead atoms. The second-order valence-electron chi connectivity index (χ2n) is 5.64. The lowest BCUT2D eigenvalue weighted by Crippen LogP contribution is -2.45. The first-order valence-electron chi connectivity index (χ1n) is 7.18. The zero-order chi connectivity index (χ0) is 14.8. The molecule has 1 fully saturated rings. The van der Waals surface area contributed by atoms with E-state index in [1.807, 2.05) is 30.3 Å². The first kappa shape index (κ1) is 14.2. The van der Waals surface area contributed by atoms with Crippen LogP contribution in [0.3, 0.4) is 0 Å². The van der Waals surface area contributed by atoms with Crippen molar-refractivity contribution < 1.29 is 4.52 Å². The maximum atomic E-state index is 6.20. The minimum atomic E-state index is -0.376. The van der Waals surface area contributed by atoms with Crippen molar-refractivity contribution in [3.05, 3.63) is 47.6 Å². The first-order chi connectivity index (χ1) is 10.1. The Balaban J connectivity index is 1.80. The van der Waals surface area contributed by atoms with E-state index in [-0.39, 0.29) is 12.1 Å². The van der Waals surface area contributed by atoms with Gasteiger partial charge in [-0.15, -0.1) is 0 Å². The number of hydrogen-bond donors (Lipinski definition) is 1. The maximum absolute atomic E-state index is 6.20. The molecule has 21 heavy (non-hydrogen) atoms. The highest BCUT2D eigenvalue weighted by atomic mass is 16.5. The number of hydrogen-bond acceptors (Lipinski definition) is 6. The van der Waals surface area contributed by atoms with Gasteiger partial charge in [-0.2, -0.15) is 4.98 Å². The summed E-state index contributed by atoms with van der Waals surface area (Å²) in [6, 6.07) is 9.59. The van der Waals surface area contributed by atoms with Crippen LogP contribution in [0.5, 0.6) is 0 Å². The quantitative estimate of drug-likeness (QED) is 0.909. The number of piperazine rings is 1. The van der Waals surface area contributed by atoms with Crippen LogP contribution in [0.4, 0.5) is 0 Å². The van der Waals surface area contributed by atoms with Gasteiger partial charge in [0.1, 0.15) is 6.04 Å². The summed E-state index contributed by atoms with van der Waals surface area (Å²) in [5.41, 5.74) is 7.17. The van der Waals surface area contributed by atoms with Gasteiger partial charge in [0.15, 0.2) is 5.82 Å². The SMILES string of the molecule is CN1CCN(C)C(c2noc(C(N)c3ccccc3)n2)C1. The molecule has 2 aromatic rings. The number of rotatable bonds is 3. The van der Waals surface area contributed by atoms with Crippen molar-refractivity contribution in [2.45, 2.75) is 12.1 Å². The average molecular weight is 287 g/mol. The standard InChI is InChI=1S/C15H21N5O/c1-19-8-9-20(2)12(10-19)14-17-15(21-18-14)13(16)11-6-4-3-5-7-11/h3-7,12-13H,8-10,16H2,1-2H3. The van der Waals surface area contributed by atoms with Gasteiger partial charge < -0.3 is 15.2 Å². The third kappa shape index (κ3) is 2.97. The van der Waals surface area contributed by atoms with E-state index in [0.717, 1.165) is 25.2 Å². The Morgan fingerprint density at radius 2 is 2.00 bits per heavy atom. The number of likely N-dealkylation sites (N-methyl/N-ethyl adjacent to an activating group) is 2. The summed E-state index contributed by atoms with van der Waals surface area (Å²) in [5, 5.41) is 4.14. The molecule has 0 saturated carbocycles. The Kier molecular flexibility index (Phi) is 4.01. The molecule has 6 nitrogen and oxygen atoms in total. The average Bonchev–Trinajstić information content (AvgIpc) is 2.99. The van der Waals surface area contributed by atoms with E-state index in [0.29, 0.717) is 11.7 Å². The van der Waals surface area contributed by atoms with Crippen molar-refractivity contribution in [1.29, 1.82) is 0 Å². The highest BCUT2D eigenvalue weighted by Crippen LogP contribution is 2.23. The molecular weight excluding hydrogens is 266 g/mol. The van der Waals surface area contributed by atoms with Crippen LogP contribution >= 0.6 is 0 Å². The highest BCUT2D eigenvalue weighted by Gasteiger charge is 2.29. The number of nitrogens with zero attached hydrogens (tertiary/aromatic N) is 4. The van der Waals surface area contributed by atoms with Gasteiger partial charge in [-0.3, -0.25) is 4.90 Å². The molecule has 1 aliphatic heterocycles. The fourth-order valence-electron chi connectivity index (χ4n) is 2.60. The van der Waals surface area contributed by atoms with E-state index < -0.39 is 0 Å². The molecule has 2 atom stereocenters. The largest absolute Gasteiger partial charge is 0.337 e. The minimum absolute atomic E-state index is 0.157. The van der Waals surface area contributed by atoms with Gasteiger partial charge in [0, 0.05) is 19.6 Å². The Bertz CT molecular complexity index is 585. The van der Waals surface area contributed by atoms with Gasteiger partial charge in [-0.1, -0.05) is 35.5 Å². The molecule has 1 aromatic carbocycles. The smallest absolute Gasteiger partial charge is 0.248 e. The Hall–Kier alpha value is -1.76. The molecule has 1 aliphatic rings. The molecule has 112 valence electrons. The van der Waals surface area contributed by atoms with E-state index in [9.17, 15) is 0 Å². The van der Waals surface area contributed by atoms with Crippen molar-refractivity contribution in [3.8, 4) is 0 Å². The second-order valence-corrected chi connectivity index (χ2v) is 5.64. The predicted molar refractivity (Wildman–Crippen MR) is 79.6 cm³/mol. The van der Waals surface area contributed by atoms with Crippen LogP contribution in [0.2, 0.25) is 0 Å². The van der Waals surface area contributed by atoms with E-state index >= 15 is 0 Å². The molecule has 2 N–H and O–H groups in total. The molecule has 0 radical (unpaired) electrons. The topological polar surface area (TPSA) is 71.4 Å². The highest BCUT2D eigenvalue weighted by molar-refractivity contribution is 5.23. The zero-order valence-electron chi connectivity index (χ0n) is 12.4. The normalized spacial score (nSPS) is 22.3. The Labute approximate surface area is 124 Å². The monoisotopic (exact) mass is 287 g/mol. The van der Waals surface area contributed by atoms with Gasteiger partial charge in [-0.05, 0) is 19.7 Å². The van der Waals surface area contributed by atoms with Crippen molar-refractivity contribution in [2.24, 2.45) is 5.73 Å². The van der Waals surface area contributed by atoms with E-state index in [4.69, 9.17) is 10.3 Å². The van der Waals surface area contributed by atoms with E-state index in [1.165, 1.54) is 0 Å². The van der Waals surface area contributed by atoms with Crippen molar-refractivity contribution in [2.75, 3.05) is 33.7 Å². The van der Waals surface area contributed by atoms with Crippen LogP contribution in [0.25, 0.3) is 0 Å². The minimum Gasteiger partial charge on any atom is -0.337 e. The Morgan fingerprint density at radius 1 is 1.24 bits per heavy atom. The molecule has 1 aromatic heterocycles. The second kappa shape index (κ2) is 5.93. The van der Waals surface area contributed by atoms with Gasteiger partial charge in [0.25, 0.3) is 0 Å².